The summed E-state index contributed by atoms with van der Waals surface area (Å²) in [4.78, 5) is 33.9. The number of amides is 2. The Hall–Kier alpha value is -3.34. The van der Waals surface area contributed by atoms with Crippen molar-refractivity contribution in [3.63, 3.8) is 0 Å². The molecule has 0 aliphatic rings. The molecule has 126 valence electrons. The minimum Gasteiger partial charge on any atom is -0.465 e. The molecule has 0 aliphatic heterocycles. The lowest BCUT2D eigenvalue weighted by atomic mass is 10.1. The largest absolute Gasteiger partial charge is 0.465 e. The molecular weight excluding hydrogens is 312 g/mol. The standard InChI is InChI=1S/C16H18N4O4/c1-24-16(23)13-5-2-3-6-14(13)20-15(22)12(9-17)10-18-7-4-8-19-11-21/h2-3,5-6,10-11,18H,4,7-8H2,1H3,(H,19,21)(H,20,22)/b12-10-. The van der Waals surface area contributed by atoms with E-state index in [1.807, 2.05) is 0 Å². The molecule has 2 amide bonds. The smallest absolute Gasteiger partial charge is 0.339 e. The van der Waals surface area contributed by atoms with E-state index < -0.39 is 11.9 Å². The van der Waals surface area contributed by atoms with Gasteiger partial charge in [0.2, 0.25) is 6.41 Å². The van der Waals surface area contributed by atoms with E-state index in [1.54, 1.807) is 18.2 Å². The van der Waals surface area contributed by atoms with Crippen LogP contribution in [0, 0.1) is 11.3 Å². The fourth-order valence-electron chi connectivity index (χ4n) is 1.74. The predicted octanol–water partition coefficient (Wildman–Crippen LogP) is 0.545. The average molecular weight is 330 g/mol. The van der Waals surface area contributed by atoms with Crippen LogP contribution in [0.1, 0.15) is 16.8 Å². The molecule has 8 nitrogen and oxygen atoms in total. The van der Waals surface area contributed by atoms with Gasteiger partial charge in [-0.25, -0.2) is 4.79 Å². The van der Waals surface area contributed by atoms with Crippen molar-refractivity contribution >= 4 is 24.0 Å². The maximum absolute atomic E-state index is 12.1. The van der Waals surface area contributed by atoms with Crippen LogP contribution in [-0.2, 0) is 14.3 Å². The van der Waals surface area contributed by atoms with E-state index in [-0.39, 0.29) is 16.8 Å². The summed E-state index contributed by atoms with van der Waals surface area (Å²) in [6, 6.07) is 8.12. The van der Waals surface area contributed by atoms with Gasteiger partial charge in [-0.2, -0.15) is 5.26 Å². The Labute approximate surface area is 139 Å². The Morgan fingerprint density at radius 2 is 1.96 bits per heavy atom. The fraction of sp³-hybridized carbons (Fsp3) is 0.250. The second-order valence-corrected chi connectivity index (χ2v) is 4.54. The van der Waals surface area contributed by atoms with Gasteiger partial charge in [-0.3, -0.25) is 9.59 Å². The van der Waals surface area contributed by atoms with Crippen molar-refractivity contribution in [3.05, 3.63) is 41.6 Å². The molecular formula is C16H18N4O4. The van der Waals surface area contributed by atoms with E-state index in [1.165, 1.54) is 25.4 Å². The molecule has 8 heteroatoms. The zero-order valence-electron chi connectivity index (χ0n) is 13.2. The lowest BCUT2D eigenvalue weighted by Crippen LogP contribution is -2.21. The Morgan fingerprint density at radius 1 is 1.25 bits per heavy atom. The van der Waals surface area contributed by atoms with Gasteiger partial charge in [0.15, 0.2) is 0 Å². The first kappa shape index (κ1) is 18.7. The lowest BCUT2D eigenvalue weighted by molar-refractivity contribution is -0.112. The topological polar surface area (TPSA) is 120 Å². The van der Waals surface area contributed by atoms with E-state index in [9.17, 15) is 14.4 Å². The zero-order chi connectivity index (χ0) is 17.8. The molecule has 1 rings (SSSR count). The molecule has 0 unspecified atom stereocenters. The number of hydrogen-bond acceptors (Lipinski definition) is 6. The third-order valence-corrected chi connectivity index (χ3v) is 2.92. The van der Waals surface area contributed by atoms with Gasteiger partial charge in [-0.15, -0.1) is 0 Å². The highest BCUT2D eigenvalue weighted by atomic mass is 16.5. The first-order valence-corrected chi connectivity index (χ1v) is 7.13. The van der Waals surface area contributed by atoms with Crippen molar-refractivity contribution in [2.75, 3.05) is 25.5 Å². The molecule has 1 aromatic carbocycles. The summed E-state index contributed by atoms with van der Waals surface area (Å²) in [5.41, 5.74) is 0.308. The number of hydrogen-bond donors (Lipinski definition) is 3. The van der Waals surface area contributed by atoms with Crippen molar-refractivity contribution in [2.24, 2.45) is 0 Å². The number of carbonyl (C=O) groups is 3. The monoisotopic (exact) mass is 330 g/mol. The van der Waals surface area contributed by atoms with Crippen molar-refractivity contribution < 1.29 is 19.1 Å². The van der Waals surface area contributed by atoms with Gasteiger partial charge in [0.05, 0.1) is 18.4 Å². The summed E-state index contributed by atoms with van der Waals surface area (Å²) in [5.74, 6) is -1.23. The van der Waals surface area contributed by atoms with Crippen LogP contribution in [0.2, 0.25) is 0 Å². The number of esters is 1. The zero-order valence-corrected chi connectivity index (χ0v) is 13.2. The molecule has 0 saturated carbocycles. The van der Waals surface area contributed by atoms with Gasteiger partial charge in [0.25, 0.3) is 5.91 Å². The molecule has 1 aromatic rings. The Kier molecular flexibility index (Phi) is 8.10. The van der Waals surface area contributed by atoms with E-state index in [0.717, 1.165) is 0 Å². The predicted molar refractivity (Wildman–Crippen MR) is 86.8 cm³/mol. The number of nitriles is 1. The molecule has 0 heterocycles. The third-order valence-electron chi connectivity index (χ3n) is 2.92. The molecule has 0 aliphatic carbocycles. The summed E-state index contributed by atoms with van der Waals surface area (Å²) in [5, 5.41) is 16.9. The van der Waals surface area contributed by atoms with Crippen LogP contribution in [0.25, 0.3) is 0 Å². The normalized spacial score (nSPS) is 10.2. The summed E-state index contributed by atoms with van der Waals surface area (Å²) in [7, 11) is 1.24. The highest BCUT2D eigenvalue weighted by Gasteiger charge is 2.15. The number of benzene rings is 1. The summed E-state index contributed by atoms with van der Waals surface area (Å²) in [6.07, 6.45) is 2.53. The molecule has 3 N–H and O–H groups in total. The molecule has 0 saturated heterocycles. The number of carbonyl (C=O) groups excluding carboxylic acids is 3. The highest BCUT2D eigenvalue weighted by molar-refractivity contribution is 6.09. The van der Waals surface area contributed by atoms with Crippen molar-refractivity contribution in [1.82, 2.24) is 10.6 Å². The summed E-state index contributed by atoms with van der Waals surface area (Å²) < 4.78 is 4.64. The number of nitrogens with one attached hydrogen (secondary N) is 3. The van der Waals surface area contributed by atoms with Crippen LogP contribution in [0.4, 0.5) is 5.69 Å². The van der Waals surface area contributed by atoms with Crippen molar-refractivity contribution in [2.45, 2.75) is 6.42 Å². The highest BCUT2D eigenvalue weighted by Crippen LogP contribution is 2.16. The minimum absolute atomic E-state index is 0.141. The first-order valence-electron chi connectivity index (χ1n) is 7.13. The second kappa shape index (κ2) is 10.4. The quantitative estimate of drug-likeness (QED) is 0.200. The van der Waals surface area contributed by atoms with Gasteiger partial charge in [-0.1, -0.05) is 12.1 Å². The average Bonchev–Trinajstić information content (AvgIpc) is 2.60. The maximum Gasteiger partial charge on any atom is 0.339 e. The van der Waals surface area contributed by atoms with Gasteiger partial charge in [-0.05, 0) is 18.6 Å². The van der Waals surface area contributed by atoms with E-state index in [0.29, 0.717) is 25.9 Å². The van der Waals surface area contributed by atoms with Gasteiger partial charge >= 0.3 is 5.97 Å². The van der Waals surface area contributed by atoms with Gasteiger partial charge in [0.1, 0.15) is 11.6 Å². The first-order chi connectivity index (χ1) is 11.6. The molecule has 0 radical (unpaired) electrons. The molecule has 0 atom stereocenters. The van der Waals surface area contributed by atoms with Crippen LogP contribution >= 0.6 is 0 Å². The maximum atomic E-state index is 12.1. The van der Waals surface area contributed by atoms with Crippen LogP contribution < -0.4 is 16.0 Å². The van der Waals surface area contributed by atoms with Gasteiger partial charge < -0.3 is 20.7 Å². The summed E-state index contributed by atoms with van der Waals surface area (Å²) in [6.45, 7) is 0.975. The van der Waals surface area contributed by atoms with Crippen molar-refractivity contribution in [3.8, 4) is 6.07 Å². The Balaban J connectivity index is 2.70. The SMILES string of the molecule is COC(=O)c1ccccc1NC(=O)/C(C#N)=C\NCCCNC=O. The fourth-order valence-corrected chi connectivity index (χ4v) is 1.74. The Bertz CT molecular complexity index is 664. The molecule has 0 bridgehead atoms. The van der Waals surface area contributed by atoms with Crippen LogP contribution in [0.3, 0.4) is 0 Å². The third kappa shape index (κ3) is 5.81. The number of nitrogens with zero attached hydrogens (tertiary/aromatic N) is 1. The second-order valence-electron chi connectivity index (χ2n) is 4.54. The van der Waals surface area contributed by atoms with E-state index in [2.05, 4.69) is 20.7 Å². The van der Waals surface area contributed by atoms with Crippen LogP contribution in [0.5, 0.6) is 0 Å². The molecule has 0 aromatic heterocycles. The lowest BCUT2D eigenvalue weighted by Gasteiger charge is -2.09. The molecule has 0 spiro atoms. The molecule has 0 fully saturated rings. The number of methoxy groups -OCH3 is 1. The summed E-state index contributed by atoms with van der Waals surface area (Å²) >= 11 is 0. The molecule has 24 heavy (non-hydrogen) atoms. The van der Waals surface area contributed by atoms with E-state index >= 15 is 0 Å². The number of rotatable bonds is 9. The van der Waals surface area contributed by atoms with Crippen LogP contribution in [0.15, 0.2) is 36.0 Å². The van der Waals surface area contributed by atoms with Crippen molar-refractivity contribution in [1.29, 1.82) is 5.26 Å². The van der Waals surface area contributed by atoms with Crippen LogP contribution in [-0.4, -0.2) is 38.5 Å². The minimum atomic E-state index is -0.646. The Morgan fingerprint density at radius 3 is 2.62 bits per heavy atom. The number of ether oxygens (including phenoxy) is 1. The van der Waals surface area contributed by atoms with Gasteiger partial charge in [0, 0.05) is 19.3 Å². The van der Waals surface area contributed by atoms with E-state index in [4.69, 9.17) is 5.26 Å². The number of para-hydroxylation sites is 1. The number of anilines is 1.